The zero-order valence-electron chi connectivity index (χ0n) is 8.97. The molecule has 0 aromatic carbocycles. The molecular weight excluding hydrogens is 214 g/mol. The highest BCUT2D eigenvalue weighted by Gasteiger charge is 2.27. The number of amides is 1. The van der Waals surface area contributed by atoms with Crippen molar-refractivity contribution in [2.45, 2.75) is 13.1 Å². The Bertz CT molecular complexity index is 416. The van der Waals surface area contributed by atoms with Crippen LogP contribution in [0.15, 0.2) is 6.20 Å². The number of methoxy groups -OCH3 is 2. The largest absolute Gasteiger partial charge is 0.453 e. The second-order valence-electron chi connectivity index (χ2n) is 3.34. The van der Waals surface area contributed by atoms with Gasteiger partial charge in [0, 0.05) is 11.8 Å². The zero-order chi connectivity index (χ0) is 11.7. The molecule has 86 valence electrons. The van der Waals surface area contributed by atoms with Gasteiger partial charge in [-0.25, -0.2) is 9.59 Å². The molecule has 16 heavy (non-hydrogen) atoms. The fourth-order valence-corrected chi connectivity index (χ4v) is 1.60. The van der Waals surface area contributed by atoms with Crippen molar-refractivity contribution in [2.75, 3.05) is 14.2 Å². The maximum atomic E-state index is 11.2. The van der Waals surface area contributed by atoms with Crippen molar-refractivity contribution in [3.05, 3.63) is 17.5 Å². The fourth-order valence-electron chi connectivity index (χ4n) is 1.60. The van der Waals surface area contributed by atoms with Gasteiger partial charge in [0.05, 0.1) is 33.0 Å². The summed E-state index contributed by atoms with van der Waals surface area (Å²) in [4.78, 5) is 23.9. The first-order valence-corrected chi connectivity index (χ1v) is 4.64. The van der Waals surface area contributed by atoms with Crippen LogP contribution in [0.4, 0.5) is 9.59 Å². The normalized spacial score (nSPS) is 13.5. The van der Waals surface area contributed by atoms with Crippen LogP contribution in [0.5, 0.6) is 0 Å². The summed E-state index contributed by atoms with van der Waals surface area (Å²) in [6.45, 7) is 0.755. The van der Waals surface area contributed by atoms with Gasteiger partial charge >= 0.3 is 12.2 Å². The molecule has 0 unspecified atom stereocenters. The van der Waals surface area contributed by atoms with Gasteiger partial charge in [-0.3, -0.25) is 4.90 Å². The second-order valence-corrected chi connectivity index (χ2v) is 3.34. The first-order chi connectivity index (χ1) is 7.65. The molecule has 0 radical (unpaired) electrons. The molecule has 1 aromatic heterocycles. The van der Waals surface area contributed by atoms with E-state index in [2.05, 4.69) is 14.6 Å². The quantitative estimate of drug-likeness (QED) is 0.645. The van der Waals surface area contributed by atoms with Crippen LogP contribution in [-0.2, 0) is 22.6 Å². The Hall–Kier alpha value is -2.05. The van der Waals surface area contributed by atoms with Crippen molar-refractivity contribution in [3.8, 4) is 0 Å². The van der Waals surface area contributed by atoms with Crippen LogP contribution in [0, 0.1) is 0 Å². The summed E-state index contributed by atoms with van der Waals surface area (Å²) in [7, 11) is 2.61. The lowest BCUT2D eigenvalue weighted by atomic mass is 10.3. The van der Waals surface area contributed by atoms with Gasteiger partial charge in [0.15, 0.2) is 0 Å². The number of ether oxygens (including phenoxy) is 2. The molecule has 0 bridgehead atoms. The van der Waals surface area contributed by atoms with Crippen LogP contribution >= 0.6 is 0 Å². The predicted molar refractivity (Wildman–Crippen MR) is 51.7 cm³/mol. The molecular formula is C9H11N3O4. The minimum absolute atomic E-state index is 0.353. The van der Waals surface area contributed by atoms with E-state index in [0.717, 1.165) is 10.2 Å². The van der Waals surface area contributed by atoms with E-state index in [9.17, 15) is 9.59 Å². The van der Waals surface area contributed by atoms with E-state index in [-0.39, 0.29) is 0 Å². The van der Waals surface area contributed by atoms with E-state index < -0.39 is 12.2 Å². The van der Waals surface area contributed by atoms with Crippen molar-refractivity contribution >= 4 is 12.2 Å². The average Bonchev–Trinajstić information content (AvgIpc) is 2.84. The number of carbonyl (C=O) groups excluding carboxylic acids is 2. The van der Waals surface area contributed by atoms with Crippen LogP contribution in [0.25, 0.3) is 0 Å². The SMILES string of the molecule is COC(=O)N1Cc2cn(C(=O)OC)nc2C1. The van der Waals surface area contributed by atoms with E-state index >= 15 is 0 Å². The first kappa shape index (κ1) is 10.5. The molecule has 0 aliphatic carbocycles. The summed E-state index contributed by atoms with van der Waals surface area (Å²) in [6, 6.07) is 0. The Labute approximate surface area is 91.5 Å². The van der Waals surface area contributed by atoms with Gasteiger partial charge in [-0.15, -0.1) is 0 Å². The first-order valence-electron chi connectivity index (χ1n) is 4.64. The van der Waals surface area contributed by atoms with Crippen molar-refractivity contribution < 1.29 is 19.1 Å². The van der Waals surface area contributed by atoms with Gasteiger partial charge in [-0.05, 0) is 0 Å². The summed E-state index contributed by atoms with van der Waals surface area (Å²) >= 11 is 0. The van der Waals surface area contributed by atoms with Crippen LogP contribution in [0.2, 0.25) is 0 Å². The van der Waals surface area contributed by atoms with Crippen LogP contribution in [0.3, 0.4) is 0 Å². The van der Waals surface area contributed by atoms with E-state index in [4.69, 9.17) is 0 Å². The van der Waals surface area contributed by atoms with Crippen LogP contribution in [0.1, 0.15) is 11.3 Å². The average molecular weight is 225 g/mol. The molecule has 0 spiro atoms. The number of aromatic nitrogens is 2. The summed E-state index contributed by atoms with van der Waals surface area (Å²) in [5.41, 5.74) is 1.52. The molecule has 0 saturated carbocycles. The molecule has 0 saturated heterocycles. The number of hydrogen-bond donors (Lipinski definition) is 0. The van der Waals surface area contributed by atoms with Crippen molar-refractivity contribution in [1.29, 1.82) is 0 Å². The highest BCUT2D eigenvalue weighted by atomic mass is 16.5. The maximum Gasteiger partial charge on any atom is 0.434 e. The Morgan fingerprint density at radius 1 is 1.25 bits per heavy atom. The number of fused-ring (bicyclic) bond motifs is 1. The van der Waals surface area contributed by atoms with Gasteiger partial charge in [0.1, 0.15) is 0 Å². The lowest BCUT2D eigenvalue weighted by Gasteiger charge is -2.12. The van der Waals surface area contributed by atoms with Gasteiger partial charge in [-0.1, -0.05) is 0 Å². The highest BCUT2D eigenvalue weighted by Crippen LogP contribution is 2.21. The molecule has 1 aliphatic rings. The van der Waals surface area contributed by atoms with Crippen molar-refractivity contribution in [3.63, 3.8) is 0 Å². The third-order valence-electron chi connectivity index (χ3n) is 2.37. The molecule has 1 amide bonds. The Kier molecular flexibility index (Phi) is 2.51. The van der Waals surface area contributed by atoms with Crippen molar-refractivity contribution in [1.82, 2.24) is 14.7 Å². The van der Waals surface area contributed by atoms with E-state index in [1.54, 1.807) is 6.20 Å². The van der Waals surface area contributed by atoms with Gasteiger partial charge in [0.2, 0.25) is 0 Å². The topological polar surface area (TPSA) is 73.7 Å². The summed E-state index contributed by atoms with van der Waals surface area (Å²) < 4.78 is 10.2. The van der Waals surface area contributed by atoms with Crippen LogP contribution < -0.4 is 0 Å². The molecule has 2 rings (SSSR count). The minimum Gasteiger partial charge on any atom is -0.453 e. The Balaban J connectivity index is 2.14. The lowest BCUT2D eigenvalue weighted by Crippen LogP contribution is -2.26. The number of rotatable bonds is 0. The third-order valence-corrected chi connectivity index (χ3v) is 2.37. The molecule has 0 N–H and O–H groups in total. The van der Waals surface area contributed by atoms with Crippen molar-refractivity contribution in [2.24, 2.45) is 0 Å². The van der Waals surface area contributed by atoms with E-state index in [1.165, 1.54) is 19.1 Å². The molecule has 7 heteroatoms. The highest BCUT2D eigenvalue weighted by molar-refractivity contribution is 5.70. The number of carbonyl (C=O) groups is 2. The number of nitrogens with zero attached hydrogens (tertiary/aromatic N) is 3. The summed E-state index contributed by atoms with van der Waals surface area (Å²) in [6.07, 6.45) is 0.617. The minimum atomic E-state index is -0.543. The van der Waals surface area contributed by atoms with Crippen LogP contribution in [-0.4, -0.2) is 41.1 Å². The smallest absolute Gasteiger partial charge is 0.434 e. The summed E-state index contributed by atoms with van der Waals surface area (Å²) in [5, 5.41) is 4.02. The summed E-state index contributed by atoms with van der Waals surface area (Å²) in [5.74, 6) is 0. The molecule has 2 heterocycles. The Morgan fingerprint density at radius 2 is 1.94 bits per heavy atom. The lowest BCUT2D eigenvalue weighted by molar-refractivity contribution is 0.122. The molecule has 0 atom stereocenters. The maximum absolute atomic E-state index is 11.2. The predicted octanol–water partition coefficient (Wildman–Crippen LogP) is 0.580. The van der Waals surface area contributed by atoms with E-state index in [1.807, 2.05) is 0 Å². The molecule has 0 fully saturated rings. The van der Waals surface area contributed by atoms with Gasteiger partial charge in [0.25, 0.3) is 0 Å². The zero-order valence-corrected chi connectivity index (χ0v) is 8.97. The van der Waals surface area contributed by atoms with E-state index in [0.29, 0.717) is 18.8 Å². The molecule has 7 nitrogen and oxygen atoms in total. The second kappa shape index (κ2) is 3.84. The Morgan fingerprint density at radius 3 is 2.50 bits per heavy atom. The monoisotopic (exact) mass is 225 g/mol. The third kappa shape index (κ3) is 1.60. The molecule has 1 aromatic rings. The van der Waals surface area contributed by atoms with Gasteiger partial charge < -0.3 is 9.47 Å². The van der Waals surface area contributed by atoms with Gasteiger partial charge in [-0.2, -0.15) is 9.78 Å². The number of hydrogen-bond acceptors (Lipinski definition) is 5. The fraction of sp³-hybridized carbons (Fsp3) is 0.444. The standard InChI is InChI=1S/C9H11N3O4/c1-15-8(13)11-3-6-4-12(9(14)16-2)10-7(6)5-11/h4H,3,5H2,1-2H3. The molecule has 1 aliphatic heterocycles.